The van der Waals surface area contributed by atoms with Gasteiger partial charge in [0, 0.05) is 38.8 Å². The summed E-state index contributed by atoms with van der Waals surface area (Å²) in [5.74, 6) is -5.75. The molecule has 0 aromatic heterocycles. The minimum atomic E-state index is -0.878. The zero-order valence-electron chi connectivity index (χ0n) is 64.4. The maximum absolute atomic E-state index is 14.1. The summed E-state index contributed by atoms with van der Waals surface area (Å²) in [5, 5.41) is 88.8. The highest BCUT2D eigenvalue weighted by molar-refractivity contribution is 6.05. The summed E-state index contributed by atoms with van der Waals surface area (Å²) in [6, 6.07) is 40.3. The number of benzene rings is 10. The highest BCUT2D eigenvalue weighted by Gasteiger charge is 2.33. The number of aliphatic hydroxyl groups is 9. The Morgan fingerprint density at radius 3 is 0.618 bits per heavy atom. The lowest BCUT2D eigenvalue weighted by Gasteiger charge is -2.28. The Labute approximate surface area is 637 Å². The number of ketones is 1. The molecule has 4 atom stereocenters. The largest absolute Gasteiger partial charge is 0.392 e. The Balaban J connectivity index is 0.000000215. The minimum Gasteiger partial charge on any atom is -0.392 e. The summed E-state index contributed by atoms with van der Waals surface area (Å²) in [4.78, 5) is 12.6. The summed E-state index contributed by atoms with van der Waals surface area (Å²) in [7, 11) is 0. The van der Waals surface area contributed by atoms with E-state index in [2.05, 4.69) is 0 Å². The van der Waals surface area contributed by atoms with Crippen LogP contribution in [0, 0.1) is 85.2 Å². The van der Waals surface area contributed by atoms with Crippen LogP contribution in [0.4, 0.5) is 43.9 Å². The third kappa shape index (κ3) is 23.4. The van der Waals surface area contributed by atoms with E-state index in [9.17, 15) is 94.7 Å². The first-order valence-corrected chi connectivity index (χ1v) is 35.4. The van der Waals surface area contributed by atoms with Crippen molar-refractivity contribution in [2.75, 3.05) is 0 Å². The van der Waals surface area contributed by atoms with Crippen LogP contribution in [-0.4, -0.2) is 51.7 Å². The van der Waals surface area contributed by atoms with Crippen LogP contribution in [-0.2, 0) is 33.0 Å². The first kappa shape index (κ1) is 89.7. The molecule has 0 spiro atoms. The Morgan fingerprint density at radius 2 is 0.436 bits per heavy atom. The van der Waals surface area contributed by atoms with Gasteiger partial charge in [0.15, 0.2) is 5.78 Å². The lowest BCUT2D eigenvalue weighted by molar-refractivity contribution is 0.0629. The van der Waals surface area contributed by atoms with E-state index < -0.39 is 110 Å². The first-order chi connectivity index (χ1) is 51.2. The lowest BCUT2D eigenvalue weighted by Crippen LogP contribution is -2.21. The van der Waals surface area contributed by atoms with Gasteiger partial charge in [-0.1, -0.05) is 189 Å². The molecule has 588 valence electrons. The zero-order chi connectivity index (χ0) is 82.5. The van der Waals surface area contributed by atoms with Gasteiger partial charge in [0.1, 0.15) is 58.2 Å². The number of hydrogen-bond acceptors (Lipinski definition) is 10. The molecule has 20 heteroatoms. The predicted molar refractivity (Wildman–Crippen MR) is 410 cm³/mol. The number of hydrogen-bond donors (Lipinski definition) is 9. The Bertz CT molecular complexity index is 4340. The van der Waals surface area contributed by atoms with Gasteiger partial charge < -0.3 is 46.0 Å². The molecule has 2 unspecified atom stereocenters. The normalized spacial score (nSPS) is 12.9. The molecular weight excluding hydrogens is 1430 g/mol. The molecule has 0 heterocycles. The van der Waals surface area contributed by atoms with Gasteiger partial charge in [-0.25, -0.2) is 43.9 Å². The third-order valence-corrected chi connectivity index (χ3v) is 17.9. The molecule has 0 saturated carbocycles. The fraction of sp³-hybridized carbons (Fsp3) is 0.322. The quantitative estimate of drug-likeness (QED) is 0.0352. The van der Waals surface area contributed by atoms with Crippen LogP contribution in [0.5, 0.6) is 0 Å². The van der Waals surface area contributed by atoms with Crippen LogP contribution < -0.4 is 0 Å². The molecule has 10 aromatic rings. The van der Waals surface area contributed by atoms with Crippen LogP contribution >= 0.6 is 0 Å². The van der Waals surface area contributed by atoms with Gasteiger partial charge in [-0.15, -0.1) is 0 Å². The average molecular weight is 1530 g/mol. The molecule has 10 aromatic carbocycles. The second-order valence-corrected chi connectivity index (χ2v) is 32.1. The lowest BCUT2D eigenvalue weighted by atomic mass is 9.81. The average Bonchev–Trinajstić information content (AvgIpc) is 0.813. The van der Waals surface area contributed by atoms with Crippen molar-refractivity contribution >= 4 is 5.78 Å². The van der Waals surface area contributed by atoms with Crippen LogP contribution in [0.25, 0.3) is 55.6 Å². The van der Waals surface area contributed by atoms with Gasteiger partial charge in [0.05, 0.1) is 57.5 Å². The van der Waals surface area contributed by atoms with Crippen molar-refractivity contribution < 1.29 is 94.7 Å². The Hall–Kier alpha value is -9.19. The van der Waals surface area contributed by atoms with Gasteiger partial charge >= 0.3 is 0 Å². The molecular formula is C90H98F10O10. The van der Waals surface area contributed by atoms with E-state index in [4.69, 9.17) is 0 Å². The van der Waals surface area contributed by atoms with Gasteiger partial charge in [-0.3, -0.25) is 4.79 Å². The molecule has 0 radical (unpaired) electrons. The van der Waals surface area contributed by atoms with Crippen LogP contribution in [0.15, 0.2) is 182 Å². The number of carbonyl (C=O) groups excluding carboxylic acids is 1. The molecule has 110 heavy (non-hydrogen) atoms. The standard InChI is InChI=1S/4C18H20F2O2.C18H18F2O2/c5*1-18(2,3)17(22)15-8-11(10-21)4-6-13(15)14-9-12(19)5-7-16(14)20/h4*4-9,17,21-22H,10H2,1-3H3;4-9,21H,10H2,1-3H3/t2*17-;;;/m10.../s1. The highest BCUT2D eigenvalue weighted by atomic mass is 19.2. The first-order valence-electron chi connectivity index (χ1n) is 35.4. The summed E-state index contributed by atoms with van der Waals surface area (Å²) in [5.41, 5.74) is 5.06. The molecule has 9 N–H and O–H groups in total. The number of Topliss-reactive ketones (excluding diaryl/α,β-unsaturated/α-hetero) is 1. The summed E-state index contributed by atoms with van der Waals surface area (Å²) in [6.45, 7) is 26.6. The fourth-order valence-electron chi connectivity index (χ4n) is 11.6. The van der Waals surface area contributed by atoms with Crippen LogP contribution in [0.2, 0.25) is 0 Å². The zero-order valence-corrected chi connectivity index (χ0v) is 64.4. The van der Waals surface area contributed by atoms with Gasteiger partial charge in [-0.2, -0.15) is 0 Å². The maximum atomic E-state index is 14.1. The van der Waals surface area contributed by atoms with Gasteiger partial charge in [0.2, 0.25) is 0 Å². The van der Waals surface area contributed by atoms with Gasteiger partial charge in [0.25, 0.3) is 0 Å². The van der Waals surface area contributed by atoms with Crippen molar-refractivity contribution in [2.45, 2.75) is 161 Å². The molecule has 0 saturated heterocycles. The second kappa shape index (κ2) is 37.7. The van der Waals surface area contributed by atoms with Crippen LogP contribution in [0.1, 0.15) is 189 Å². The highest BCUT2D eigenvalue weighted by Crippen LogP contribution is 2.45. The monoisotopic (exact) mass is 1530 g/mol. The van der Waals surface area contributed by atoms with Crippen molar-refractivity contribution in [2.24, 2.45) is 27.1 Å². The molecule has 0 amide bonds. The number of aliphatic hydroxyl groups excluding tert-OH is 9. The van der Waals surface area contributed by atoms with E-state index >= 15 is 0 Å². The number of carbonyl (C=O) groups is 1. The van der Waals surface area contributed by atoms with Crippen molar-refractivity contribution in [1.82, 2.24) is 0 Å². The topological polar surface area (TPSA) is 199 Å². The van der Waals surface area contributed by atoms with Gasteiger partial charge in [-0.05, 0) is 197 Å². The fourth-order valence-corrected chi connectivity index (χ4v) is 11.6. The summed E-state index contributed by atoms with van der Waals surface area (Å²) in [6.07, 6.45) is -3.51. The van der Waals surface area contributed by atoms with E-state index in [0.29, 0.717) is 77.9 Å². The maximum Gasteiger partial charge on any atom is 0.168 e. The molecule has 0 aliphatic carbocycles. The van der Waals surface area contributed by atoms with E-state index in [-0.39, 0.29) is 72.2 Å². The molecule has 10 nitrogen and oxygen atoms in total. The van der Waals surface area contributed by atoms with Crippen LogP contribution in [0.3, 0.4) is 0 Å². The molecule has 0 aliphatic heterocycles. The molecule has 0 bridgehead atoms. The van der Waals surface area contributed by atoms with E-state index in [0.717, 1.165) is 91.0 Å². The molecule has 0 fully saturated rings. The minimum absolute atomic E-state index is 0.0390. The van der Waals surface area contributed by atoms with Crippen molar-refractivity contribution in [1.29, 1.82) is 0 Å². The number of rotatable bonds is 15. The Morgan fingerprint density at radius 1 is 0.255 bits per heavy atom. The van der Waals surface area contributed by atoms with Crippen molar-refractivity contribution in [3.8, 4) is 55.6 Å². The second-order valence-electron chi connectivity index (χ2n) is 32.1. The predicted octanol–water partition coefficient (Wildman–Crippen LogP) is 21.2. The smallest absolute Gasteiger partial charge is 0.168 e. The van der Waals surface area contributed by atoms with Crippen molar-refractivity contribution in [3.63, 3.8) is 0 Å². The SMILES string of the molecule is CC(C)(C)C(=O)c1cc(CO)ccc1-c1cc(F)ccc1F.CC(C)(C)C(O)c1cc(CO)ccc1-c1cc(F)ccc1F.CC(C)(C)C(O)c1cc(CO)ccc1-c1cc(F)ccc1F.CC(C)(C)[C@@H](O)c1cc(CO)ccc1-c1cc(F)ccc1F.CC(C)(C)[C@H](O)c1cc(CO)ccc1-c1cc(F)ccc1F. The number of halogens is 10. The molecule has 10 rings (SSSR count). The summed E-state index contributed by atoms with van der Waals surface area (Å²) < 4.78 is 138. The van der Waals surface area contributed by atoms with E-state index in [1.54, 1.807) is 106 Å². The molecule has 0 aliphatic rings. The van der Waals surface area contributed by atoms with E-state index in [1.165, 1.54) is 6.07 Å². The van der Waals surface area contributed by atoms with E-state index in [1.807, 2.05) is 83.1 Å². The summed E-state index contributed by atoms with van der Waals surface area (Å²) >= 11 is 0. The Kier molecular flexibility index (Phi) is 30.7. The third-order valence-electron chi connectivity index (χ3n) is 17.9. The van der Waals surface area contributed by atoms with Crippen molar-refractivity contribution in [3.05, 3.63) is 296 Å².